The van der Waals surface area contributed by atoms with Gasteiger partial charge in [0.1, 0.15) is 0 Å². The molecule has 0 saturated carbocycles. The minimum absolute atomic E-state index is 0.828. The van der Waals surface area contributed by atoms with Gasteiger partial charge < -0.3 is 5.73 Å². The van der Waals surface area contributed by atoms with Crippen LogP contribution in [-0.4, -0.2) is 6.54 Å². The Morgan fingerprint density at radius 1 is 0.857 bits per heavy atom. The summed E-state index contributed by atoms with van der Waals surface area (Å²) in [6.07, 6.45) is 6.74. The highest BCUT2D eigenvalue weighted by Gasteiger charge is 2.07. The highest BCUT2D eigenvalue weighted by Crippen LogP contribution is 2.19. The van der Waals surface area contributed by atoms with Gasteiger partial charge in [0.05, 0.1) is 0 Å². The molecule has 0 bridgehead atoms. The van der Waals surface area contributed by atoms with Gasteiger partial charge in [-0.1, -0.05) is 53.4 Å². The van der Waals surface area contributed by atoms with E-state index in [0.717, 1.165) is 24.3 Å². The second-order valence-corrected chi connectivity index (χ2v) is 5.19. The zero-order valence-electron chi connectivity index (χ0n) is 10.6. The van der Waals surface area contributed by atoms with Crippen molar-refractivity contribution >= 4 is 0 Å². The quantitative estimate of drug-likeness (QED) is 0.591. The second-order valence-electron chi connectivity index (χ2n) is 5.19. The zero-order chi connectivity index (χ0) is 11.0. The van der Waals surface area contributed by atoms with E-state index in [-0.39, 0.29) is 0 Å². The van der Waals surface area contributed by atoms with Gasteiger partial charge in [-0.2, -0.15) is 0 Å². The Bertz CT molecular complexity index is 120. The maximum absolute atomic E-state index is 5.52. The third-order valence-corrected chi connectivity index (χ3v) is 3.40. The van der Waals surface area contributed by atoms with Crippen LogP contribution in [0.25, 0.3) is 0 Å². The molecule has 0 saturated heterocycles. The number of hydrogen-bond acceptors (Lipinski definition) is 1. The largest absolute Gasteiger partial charge is 0.330 e. The molecule has 0 aromatic rings. The fourth-order valence-electron chi connectivity index (χ4n) is 1.72. The minimum atomic E-state index is 0.828. The average molecular weight is 199 g/mol. The highest BCUT2D eigenvalue weighted by molar-refractivity contribution is 4.59. The summed E-state index contributed by atoms with van der Waals surface area (Å²) < 4.78 is 0. The van der Waals surface area contributed by atoms with Gasteiger partial charge in [-0.3, -0.25) is 0 Å². The summed E-state index contributed by atoms with van der Waals surface area (Å²) in [5.41, 5.74) is 5.52. The van der Waals surface area contributed by atoms with E-state index < -0.39 is 0 Å². The molecule has 0 spiro atoms. The van der Waals surface area contributed by atoms with Gasteiger partial charge in [0, 0.05) is 0 Å². The molecule has 2 atom stereocenters. The first kappa shape index (κ1) is 14.0. The number of nitrogens with two attached hydrogens (primary N) is 1. The van der Waals surface area contributed by atoms with Crippen LogP contribution >= 0.6 is 0 Å². The Balaban J connectivity index is 3.28. The Morgan fingerprint density at radius 2 is 1.43 bits per heavy atom. The topological polar surface area (TPSA) is 26.0 Å². The van der Waals surface area contributed by atoms with Crippen LogP contribution < -0.4 is 5.73 Å². The molecule has 0 aliphatic carbocycles. The molecule has 2 unspecified atom stereocenters. The summed E-state index contributed by atoms with van der Waals surface area (Å²) in [5.74, 6) is 2.56. The van der Waals surface area contributed by atoms with Crippen molar-refractivity contribution in [2.45, 2.75) is 59.8 Å². The van der Waals surface area contributed by atoms with Crippen molar-refractivity contribution in [2.75, 3.05) is 6.54 Å². The van der Waals surface area contributed by atoms with E-state index >= 15 is 0 Å². The summed E-state index contributed by atoms with van der Waals surface area (Å²) in [6, 6.07) is 0. The second kappa shape index (κ2) is 8.28. The van der Waals surface area contributed by atoms with Crippen molar-refractivity contribution < 1.29 is 0 Å². The van der Waals surface area contributed by atoms with Gasteiger partial charge in [0.15, 0.2) is 0 Å². The van der Waals surface area contributed by atoms with Gasteiger partial charge >= 0.3 is 0 Å². The normalized spacial score (nSPS) is 15.9. The molecule has 0 amide bonds. The Morgan fingerprint density at radius 3 is 1.93 bits per heavy atom. The molecular weight excluding hydrogens is 170 g/mol. The summed E-state index contributed by atoms with van der Waals surface area (Å²) >= 11 is 0. The van der Waals surface area contributed by atoms with Gasteiger partial charge in [0.25, 0.3) is 0 Å². The summed E-state index contributed by atoms with van der Waals surface area (Å²) in [4.78, 5) is 0. The lowest BCUT2D eigenvalue weighted by molar-refractivity contribution is 0.365. The third kappa shape index (κ3) is 7.37. The van der Waals surface area contributed by atoms with Gasteiger partial charge in [-0.25, -0.2) is 0 Å². The average Bonchev–Trinajstić information content (AvgIpc) is 2.12. The van der Waals surface area contributed by atoms with Crippen LogP contribution in [0, 0.1) is 17.8 Å². The first-order valence-corrected chi connectivity index (χ1v) is 6.28. The van der Waals surface area contributed by atoms with Crippen molar-refractivity contribution in [3.05, 3.63) is 0 Å². The molecule has 0 fully saturated rings. The molecule has 86 valence electrons. The SMILES string of the molecule is CC(CCN)CCCCC(C)C(C)C. The van der Waals surface area contributed by atoms with Crippen LogP contribution in [0.15, 0.2) is 0 Å². The molecule has 14 heavy (non-hydrogen) atoms. The van der Waals surface area contributed by atoms with E-state index in [1.165, 1.54) is 32.1 Å². The van der Waals surface area contributed by atoms with E-state index in [0.29, 0.717) is 0 Å². The highest BCUT2D eigenvalue weighted by atomic mass is 14.5. The summed E-state index contributed by atoms with van der Waals surface area (Å²) in [5, 5.41) is 0. The number of rotatable bonds is 8. The standard InChI is InChI=1S/C13H29N/c1-11(2)13(4)8-6-5-7-12(3)9-10-14/h11-13H,5-10,14H2,1-4H3. The molecule has 1 nitrogen and oxygen atoms in total. The molecule has 0 aromatic carbocycles. The maximum atomic E-state index is 5.52. The van der Waals surface area contributed by atoms with E-state index in [9.17, 15) is 0 Å². The molecule has 0 aromatic heterocycles. The Kier molecular flexibility index (Phi) is 8.26. The molecule has 0 radical (unpaired) electrons. The van der Waals surface area contributed by atoms with Crippen LogP contribution in [-0.2, 0) is 0 Å². The lowest BCUT2D eigenvalue weighted by Crippen LogP contribution is -2.06. The van der Waals surface area contributed by atoms with E-state index in [2.05, 4.69) is 27.7 Å². The molecular formula is C13H29N. The molecule has 0 aliphatic rings. The van der Waals surface area contributed by atoms with Gasteiger partial charge in [-0.15, -0.1) is 0 Å². The first-order chi connectivity index (χ1) is 6.57. The molecule has 0 aliphatic heterocycles. The van der Waals surface area contributed by atoms with Crippen LogP contribution in [0.2, 0.25) is 0 Å². The molecule has 0 heterocycles. The minimum Gasteiger partial charge on any atom is -0.330 e. The summed E-state index contributed by atoms with van der Waals surface area (Å²) in [6.45, 7) is 10.2. The first-order valence-electron chi connectivity index (χ1n) is 6.28. The predicted molar refractivity (Wildman–Crippen MR) is 65.3 cm³/mol. The van der Waals surface area contributed by atoms with Crippen LogP contribution in [0.5, 0.6) is 0 Å². The maximum Gasteiger partial charge on any atom is -0.00747 e. The fourth-order valence-corrected chi connectivity index (χ4v) is 1.72. The van der Waals surface area contributed by atoms with Crippen molar-refractivity contribution in [1.29, 1.82) is 0 Å². The smallest absolute Gasteiger partial charge is 0.00747 e. The van der Waals surface area contributed by atoms with Crippen LogP contribution in [0.1, 0.15) is 59.8 Å². The van der Waals surface area contributed by atoms with E-state index in [1.807, 2.05) is 0 Å². The number of hydrogen-bond donors (Lipinski definition) is 1. The van der Waals surface area contributed by atoms with Crippen molar-refractivity contribution in [3.8, 4) is 0 Å². The van der Waals surface area contributed by atoms with Gasteiger partial charge in [-0.05, 0) is 30.7 Å². The summed E-state index contributed by atoms with van der Waals surface area (Å²) in [7, 11) is 0. The molecule has 1 heteroatoms. The fraction of sp³-hybridized carbons (Fsp3) is 1.00. The van der Waals surface area contributed by atoms with Crippen molar-refractivity contribution in [1.82, 2.24) is 0 Å². The number of unbranched alkanes of at least 4 members (excludes halogenated alkanes) is 1. The van der Waals surface area contributed by atoms with Crippen molar-refractivity contribution in [2.24, 2.45) is 23.5 Å². The monoisotopic (exact) mass is 199 g/mol. The van der Waals surface area contributed by atoms with Gasteiger partial charge in [0.2, 0.25) is 0 Å². The predicted octanol–water partition coefficient (Wildman–Crippen LogP) is 3.82. The van der Waals surface area contributed by atoms with Crippen LogP contribution in [0.4, 0.5) is 0 Å². The molecule has 2 N–H and O–H groups in total. The lowest BCUT2D eigenvalue weighted by Gasteiger charge is -2.15. The van der Waals surface area contributed by atoms with Crippen molar-refractivity contribution in [3.63, 3.8) is 0 Å². The zero-order valence-corrected chi connectivity index (χ0v) is 10.6. The Labute approximate surface area is 90.5 Å². The van der Waals surface area contributed by atoms with Crippen LogP contribution in [0.3, 0.4) is 0 Å². The Hall–Kier alpha value is -0.0400. The third-order valence-electron chi connectivity index (χ3n) is 3.40. The van der Waals surface area contributed by atoms with E-state index in [1.54, 1.807) is 0 Å². The molecule has 0 rings (SSSR count). The lowest BCUT2D eigenvalue weighted by atomic mass is 9.91. The van der Waals surface area contributed by atoms with E-state index in [4.69, 9.17) is 5.73 Å².